The molecular formula is C23H22N4O2S. The molecule has 0 radical (unpaired) electrons. The van der Waals surface area contributed by atoms with Gasteiger partial charge in [-0.2, -0.15) is 0 Å². The SMILES string of the molecule is CCOc1ccc(-n2c(SCCOc3ccccc3)nnc2-c2ccncc2)cc1. The number of nitrogens with zero attached hydrogens (tertiary/aromatic N) is 4. The molecule has 7 heteroatoms. The highest BCUT2D eigenvalue weighted by atomic mass is 32.2. The Morgan fingerprint density at radius 3 is 2.30 bits per heavy atom. The number of thioether (sulfide) groups is 1. The smallest absolute Gasteiger partial charge is 0.196 e. The first kappa shape index (κ1) is 20.0. The van der Waals surface area contributed by atoms with Crippen LogP contribution in [0.5, 0.6) is 11.5 Å². The highest BCUT2D eigenvalue weighted by Gasteiger charge is 2.16. The van der Waals surface area contributed by atoms with Gasteiger partial charge in [0.1, 0.15) is 11.5 Å². The number of rotatable bonds is 9. The Morgan fingerprint density at radius 1 is 0.833 bits per heavy atom. The van der Waals surface area contributed by atoms with Crippen LogP contribution in [0.4, 0.5) is 0 Å². The molecule has 0 fully saturated rings. The number of pyridine rings is 1. The Balaban J connectivity index is 1.56. The lowest BCUT2D eigenvalue weighted by Gasteiger charge is -2.11. The minimum Gasteiger partial charge on any atom is -0.494 e. The van der Waals surface area contributed by atoms with Gasteiger partial charge in [0.15, 0.2) is 11.0 Å². The second-order valence-corrected chi connectivity index (χ2v) is 7.38. The molecule has 0 spiro atoms. The summed E-state index contributed by atoms with van der Waals surface area (Å²) in [5, 5.41) is 9.70. The predicted molar refractivity (Wildman–Crippen MR) is 118 cm³/mol. The summed E-state index contributed by atoms with van der Waals surface area (Å²) in [4.78, 5) is 4.11. The first-order chi connectivity index (χ1) is 14.8. The molecule has 2 heterocycles. The van der Waals surface area contributed by atoms with Crippen LogP contribution in [0.25, 0.3) is 17.1 Å². The number of hydrogen-bond donors (Lipinski definition) is 0. The van der Waals surface area contributed by atoms with Crippen LogP contribution in [0.3, 0.4) is 0 Å². The summed E-state index contributed by atoms with van der Waals surface area (Å²) in [5.74, 6) is 3.22. The Kier molecular flexibility index (Phi) is 6.61. The van der Waals surface area contributed by atoms with Crippen LogP contribution in [0.15, 0.2) is 84.3 Å². The lowest BCUT2D eigenvalue weighted by molar-refractivity contribution is 0.340. The zero-order valence-electron chi connectivity index (χ0n) is 16.6. The van der Waals surface area contributed by atoms with Crippen LogP contribution in [0.2, 0.25) is 0 Å². The van der Waals surface area contributed by atoms with E-state index >= 15 is 0 Å². The number of hydrogen-bond acceptors (Lipinski definition) is 6. The predicted octanol–water partition coefficient (Wildman–Crippen LogP) is 4.90. The maximum atomic E-state index is 5.80. The second kappa shape index (κ2) is 9.93. The standard InChI is InChI=1S/C23H22N4O2S/c1-2-28-21-10-8-19(9-11-21)27-22(18-12-14-24-15-13-18)25-26-23(27)30-17-16-29-20-6-4-3-5-7-20/h3-15H,2,16-17H2,1H3. The van der Waals surface area contributed by atoms with Crippen molar-refractivity contribution in [3.05, 3.63) is 79.1 Å². The molecule has 152 valence electrons. The molecule has 2 aromatic heterocycles. The van der Waals surface area contributed by atoms with Gasteiger partial charge >= 0.3 is 0 Å². The monoisotopic (exact) mass is 418 g/mol. The zero-order chi connectivity index (χ0) is 20.6. The van der Waals surface area contributed by atoms with Gasteiger partial charge in [0.2, 0.25) is 0 Å². The van der Waals surface area contributed by atoms with E-state index in [1.54, 1.807) is 24.2 Å². The fraction of sp³-hybridized carbons (Fsp3) is 0.174. The number of aromatic nitrogens is 4. The number of para-hydroxylation sites is 1. The van der Waals surface area contributed by atoms with Crippen molar-refractivity contribution >= 4 is 11.8 Å². The third kappa shape index (κ3) is 4.80. The maximum Gasteiger partial charge on any atom is 0.196 e. The van der Waals surface area contributed by atoms with Crippen molar-refractivity contribution in [1.82, 2.24) is 19.7 Å². The molecule has 0 saturated carbocycles. The minimum atomic E-state index is 0.579. The Morgan fingerprint density at radius 2 is 1.57 bits per heavy atom. The van der Waals surface area contributed by atoms with Crippen LogP contribution in [0.1, 0.15) is 6.92 Å². The lowest BCUT2D eigenvalue weighted by Crippen LogP contribution is -2.03. The van der Waals surface area contributed by atoms with Crippen molar-refractivity contribution in [2.75, 3.05) is 19.0 Å². The second-order valence-electron chi connectivity index (χ2n) is 6.31. The van der Waals surface area contributed by atoms with E-state index < -0.39 is 0 Å². The first-order valence-electron chi connectivity index (χ1n) is 9.75. The first-order valence-corrected chi connectivity index (χ1v) is 10.7. The van der Waals surface area contributed by atoms with Crippen LogP contribution < -0.4 is 9.47 Å². The largest absolute Gasteiger partial charge is 0.494 e. The van der Waals surface area contributed by atoms with E-state index in [0.717, 1.165) is 39.5 Å². The lowest BCUT2D eigenvalue weighted by atomic mass is 10.2. The molecule has 2 aromatic carbocycles. The maximum absolute atomic E-state index is 5.80. The summed E-state index contributed by atoms with van der Waals surface area (Å²) < 4.78 is 13.4. The average molecular weight is 419 g/mol. The van der Waals surface area contributed by atoms with Gasteiger partial charge in [-0.25, -0.2) is 0 Å². The van der Waals surface area contributed by atoms with Gasteiger partial charge in [-0.3, -0.25) is 9.55 Å². The summed E-state index contributed by atoms with van der Waals surface area (Å²) >= 11 is 1.61. The van der Waals surface area contributed by atoms with E-state index in [4.69, 9.17) is 9.47 Å². The number of benzene rings is 2. The molecule has 0 atom stereocenters. The Bertz CT molecular complexity index is 1050. The van der Waals surface area contributed by atoms with E-state index in [1.165, 1.54) is 0 Å². The van der Waals surface area contributed by atoms with Crippen LogP contribution in [-0.2, 0) is 0 Å². The van der Waals surface area contributed by atoms with E-state index in [0.29, 0.717) is 13.2 Å². The van der Waals surface area contributed by atoms with Gasteiger partial charge in [0.25, 0.3) is 0 Å². The van der Waals surface area contributed by atoms with Gasteiger partial charge in [0.05, 0.1) is 13.2 Å². The molecule has 0 saturated heterocycles. The molecule has 4 rings (SSSR count). The molecule has 0 aliphatic heterocycles. The van der Waals surface area contributed by atoms with Crippen molar-refractivity contribution in [1.29, 1.82) is 0 Å². The molecule has 0 unspecified atom stereocenters. The van der Waals surface area contributed by atoms with Crippen LogP contribution in [-0.4, -0.2) is 38.7 Å². The highest BCUT2D eigenvalue weighted by molar-refractivity contribution is 7.99. The highest BCUT2D eigenvalue weighted by Crippen LogP contribution is 2.28. The molecule has 6 nitrogen and oxygen atoms in total. The summed E-state index contributed by atoms with van der Waals surface area (Å²) in [6, 6.07) is 21.6. The molecule has 30 heavy (non-hydrogen) atoms. The topological polar surface area (TPSA) is 62.1 Å². The van der Waals surface area contributed by atoms with Gasteiger partial charge in [-0.1, -0.05) is 30.0 Å². The summed E-state index contributed by atoms with van der Waals surface area (Å²) in [6.45, 7) is 3.19. The quantitative estimate of drug-likeness (QED) is 0.285. The zero-order valence-corrected chi connectivity index (χ0v) is 17.5. The molecule has 0 bridgehead atoms. The van der Waals surface area contributed by atoms with Crippen LogP contribution >= 0.6 is 11.8 Å². The Labute approximate surface area is 179 Å². The number of ether oxygens (including phenoxy) is 2. The van der Waals surface area contributed by atoms with Gasteiger partial charge in [-0.15, -0.1) is 10.2 Å². The van der Waals surface area contributed by atoms with Crippen molar-refractivity contribution in [2.45, 2.75) is 12.1 Å². The third-order valence-corrected chi connectivity index (χ3v) is 5.20. The average Bonchev–Trinajstić information content (AvgIpc) is 3.23. The van der Waals surface area contributed by atoms with Crippen molar-refractivity contribution in [3.63, 3.8) is 0 Å². The van der Waals surface area contributed by atoms with Crippen LogP contribution in [0, 0.1) is 0 Å². The molecule has 0 N–H and O–H groups in total. The minimum absolute atomic E-state index is 0.579. The fourth-order valence-electron chi connectivity index (χ4n) is 2.95. The summed E-state index contributed by atoms with van der Waals surface area (Å²) in [5.41, 5.74) is 1.93. The van der Waals surface area contributed by atoms with Gasteiger partial charge in [0, 0.05) is 29.4 Å². The fourth-order valence-corrected chi connectivity index (χ4v) is 3.72. The van der Waals surface area contributed by atoms with Gasteiger partial charge in [-0.05, 0) is 55.5 Å². The van der Waals surface area contributed by atoms with E-state index in [1.807, 2.05) is 73.7 Å². The normalized spacial score (nSPS) is 10.7. The molecule has 4 aromatic rings. The van der Waals surface area contributed by atoms with E-state index in [-0.39, 0.29) is 0 Å². The summed E-state index contributed by atoms with van der Waals surface area (Å²) in [6.07, 6.45) is 3.51. The van der Waals surface area contributed by atoms with E-state index in [9.17, 15) is 0 Å². The molecular weight excluding hydrogens is 396 g/mol. The summed E-state index contributed by atoms with van der Waals surface area (Å²) in [7, 11) is 0. The van der Waals surface area contributed by atoms with E-state index in [2.05, 4.69) is 19.7 Å². The van der Waals surface area contributed by atoms with Crippen molar-refractivity contribution in [2.24, 2.45) is 0 Å². The molecule has 0 aliphatic rings. The third-order valence-electron chi connectivity index (χ3n) is 4.30. The van der Waals surface area contributed by atoms with Crippen molar-refractivity contribution < 1.29 is 9.47 Å². The molecule has 0 aliphatic carbocycles. The molecule has 0 amide bonds. The van der Waals surface area contributed by atoms with Gasteiger partial charge < -0.3 is 9.47 Å². The van der Waals surface area contributed by atoms with Crippen molar-refractivity contribution in [3.8, 4) is 28.6 Å². The Hall–Kier alpha value is -3.32.